The molecule has 25 heavy (non-hydrogen) atoms. The fourth-order valence-electron chi connectivity index (χ4n) is 3.11. The number of rotatable bonds is 4. The molecule has 2 heterocycles. The predicted octanol–water partition coefficient (Wildman–Crippen LogP) is 4.02. The number of hydrogen-bond acceptors (Lipinski definition) is 5. The molecule has 1 atom stereocenters. The van der Waals surface area contributed by atoms with Crippen LogP contribution in [0.3, 0.4) is 0 Å². The van der Waals surface area contributed by atoms with Crippen molar-refractivity contribution < 1.29 is 4.74 Å². The number of hydrogen-bond donors (Lipinski definition) is 1. The lowest BCUT2D eigenvalue weighted by Gasteiger charge is -2.36. The largest absolute Gasteiger partial charge is 0.496 e. The Morgan fingerprint density at radius 2 is 2.08 bits per heavy atom. The number of benzene rings is 1. The zero-order valence-electron chi connectivity index (χ0n) is 15.4. The highest BCUT2D eigenvalue weighted by Crippen LogP contribution is 2.33. The molecule has 3 rings (SSSR count). The summed E-state index contributed by atoms with van der Waals surface area (Å²) < 4.78 is 5.58. The molecule has 1 unspecified atom stereocenters. The Labute approximate surface area is 161 Å². The first-order valence-electron chi connectivity index (χ1n) is 8.52. The molecule has 1 aliphatic rings. The van der Waals surface area contributed by atoms with Crippen LogP contribution in [0.1, 0.15) is 42.3 Å². The molecule has 1 saturated heterocycles. The molecule has 138 valence electrons. The van der Waals surface area contributed by atoms with E-state index >= 15 is 0 Å². The monoisotopic (exact) mass is 381 g/mol. The van der Waals surface area contributed by atoms with Crippen LogP contribution in [0.4, 0.5) is 0 Å². The molecule has 0 bridgehead atoms. The summed E-state index contributed by atoms with van der Waals surface area (Å²) >= 11 is 1.84. The molecule has 0 saturated carbocycles. The van der Waals surface area contributed by atoms with Crippen molar-refractivity contribution in [1.82, 2.24) is 15.2 Å². The van der Waals surface area contributed by atoms with E-state index in [0.717, 1.165) is 31.9 Å². The number of para-hydroxylation sites is 1. The van der Waals surface area contributed by atoms with Crippen molar-refractivity contribution in [2.24, 2.45) is 0 Å². The number of halogens is 1. The lowest BCUT2D eigenvalue weighted by atomic mass is 9.98. The van der Waals surface area contributed by atoms with Crippen LogP contribution in [0.25, 0.3) is 0 Å². The molecule has 1 aromatic carbocycles. The highest BCUT2D eigenvalue weighted by Gasteiger charge is 2.27. The van der Waals surface area contributed by atoms with Crippen LogP contribution in [0, 0.1) is 0 Å². The van der Waals surface area contributed by atoms with Gasteiger partial charge in [0.2, 0.25) is 0 Å². The van der Waals surface area contributed by atoms with Gasteiger partial charge in [0.15, 0.2) is 0 Å². The topological polar surface area (TPSA) is 37.4 Å². The molecule has 1 aliphatic heterocycles. The summed E-state index contributed by atoms with van der Waals surface area (Å²) in [5.41, 5.74) is 1.38. The molecule has 1 N–H and O–H groups in total. The summed E-state index contributed by atoms with van der Waals surface area (Å²) in [5, 5.41) is 4.73. The van der Waals surface area contributed by atoms with Crippen molar-refractivity contribution in [3.63, 3.8) is 0 Å². The first-order valence-corrected chi connectivity index (χ1v) is 9.33. The zero-order chi connectivity index (χ0) is 17.2. The molecule has 1 fully saturated rings. The normalized spacial score (nSPS) is 18.6. The number of aromatic nitrogens is 1. The maximum absolute atomic E-state index is 5.58. The number of nitrogens with zero attached hydrogens (tertiary/aromatic N) is 2. The lowest BCUT2D eigenvalue weighted by molar-refractivity contribution is 0.152. The van der Waals surface area contributed by atoms with Gasteiger partial charge in [-0.3, -0.25) is 4.90 Å². The summed E-state index contributed by atoms with van der Waals surface area (Å²) in [6.45, 7) is 10.6. The van der Waals surface area contributed by atoms with Crippen molar-refractivity contribution >= 4 is 23.7 Å². The molecule has 1 aromatic heterocycles. The Balaban J connectivity index is 0.00000225. The highest BCUT2D eigenvalue weighted by atomic mass is 35.5. The summed E-state index contributed by atoms with van der Waals surface area (Å²) in [5.74, 6) is 0.968. The van der Waals surface area contributed by atoms with Crippen molar-refractivity contribution in [2.45, 2.75) is 38.8 Å². The third-order valence-electron chi connectivity index (χ3n) is 4.41. The Morgan fingerprint density at radius 3 is 2.76 bits per heavy atom. The fourth-order valence-corrected chi connectivity index (χ4v) is 4.11. The average molecular weight is 382 g/mol. The van der Waals surface area contributed by atoms with Crippen molar-refractivity contribution in [3.05, 3.63) is 45.9 Å². The van der Waals surface area contributed by atoms with Crippen LogP contribution in [0.5, 0.6) is 5.75 Å². The van der Waals surface area contributed by atoms with Crippen molar-refractivity contribution in [1.29, 1.82) is 0 Å². The van der Waals surface area contributed by atoms with E-state index in [1.54, 1.807) is 7.11 Å². The predicted molar refractivity (Wildman–Crippen MR) is 107 cm³/mol. The summed E-state index contributed by atoms with van der Waals surface area (Å²) in [4.78, 5) is 8.51. The molecule has 6 heteroatoms. The van der Waals surface area contributed by atoms with Crippen LogP contribution < -0.4 is 10.1 Å². The second-order valence-corrected chi connectivity index (χ2v) is 8.43. The van der Waals surface area contributed by atoms with Crippen LogP contribution in [-0.4, -0.2) is 36.6 Å². The van der Waals surface area contributed by atoms with E-state index in [0.29, 0.717) is 6.04 Å². The minimum Gasteiger partial charge on any atom is -0.496 e. The van der Waals surface area contributed by atoms with Gasteiger partial charge in [-0.25, -0.2) is 4.98 Å². The molecule has 2 aromatic rings. The smallest absolute Gasteiger partial charge is 0.123 e. The number of ether oxygens (including phenoxy) is 1. The van der Waals surface area contributed by atoms with Gasteiger partial charge < -0.3 is 10.1 Å². The maximum atomic E-state index is 5.58. The van der Waals surface area contributed by atoms with E-state index in [1.165, 1.54) is 15.4 Å². The highest BCUT2D eigenvalue weighted by molar-refractivity contribution is 7.11. The van der Waals surface area contributed by atoms with Gasteiger partial charge in [0.1, 0.15) is 5.75 Å². The Morgan fingerprint density at radius 1 is 1.32 bits per heavy atom. The molecule has 0 radical (unpaired) electrons. The number of thiazole rings is 1. The zero-order valence-corrected chi connectivity index (χ0v) is 17.0. The van der Waals surface area contributed by atoms with Crippen LogP contribution in [-0.2, 0) is 12.0 Å². The van der Waals surface area contributed by atoms with Crippen LogP contribution in [0.15, 0.2) is 30.5 Å². The minimum absolute atomic E-state index is 0. The molecule has 0 spiro atoms. The van der Waals surface area contributed by atoms with Crippen LogP contribution in [0.2, 0.25) is 0 Å². The standard InChI is InChI=1S/C19H27N3OS.ClH/c1-19(2,3)18-21-11-14(24-18)13-22-10-9-20-12-16(22)15-7-5-6-8-17(15)23-4;/h5-8,11,16,20H,9-10,12-13H2,1-4H3;1H. The van der Waals surface area contributed by atoms with E-state index in [1.807, 2.05) is 29.7 Å². The van der Waals surface area contributed by atoms with Gasteiger partial charge in [-0.05, 0) is 6.07 Å². The van der Waals surface area contributed by atoms with E-state index in [2.05, 4.69) is 48.1 Å². The number of methoxy groups -OCH3 is 1. The second kappa shape index (κ2) is 8.49. The maximum Gasteiger partial charge on any atom is 0.123 e. The van der Waals surface area contributed by atoms with Gasteiger partial charge >= 0.3 is 0 Å². The Kier molecular flexibility index (Phi) is 6.86. The van der Waals surface area contributed by atoms with Gasteiger partial charge in [0, 0.05) is 48.2 Å². The van der Waals surface area contributed by atoms with E-state index in [9.17, 15) is 0 Å². The molecule has 4 nitrogen and oxygen atoms in total. The first kappa shape index (κ1) is 20.2. The summed E-state index contributed by atoms with van der Waals surface area (Å²) in [6, 6.07) is 8.68. The lowest BCUT2D eigenvalue weighted by Crippen LogP contribution is -2.45. The average Bonchev–Trinajstić information content (AvgIpc) is 3.04. The SMILES string of the molecule is COc1ccccc1C1CNCCN1Cc1cnc(C(C)(C)C)s1.Cl. The van der Waals surface area contributed by atoms with Gasteiger partial charge in [0.25, 0.3) is 0 Å². The fraction of sp³-hybridized carbons (Fsp3) is 0.526. The van der Waals surface area contributed by atoms with Gasteiger partial charge in [-0.2, -0.15) is 0 Å². The minimum atomic E-state index is 0. The quantitative estimate of drug-likeness (QED) is 0.867. The molecular formula is C19H28ClN3OS. The molecular weight excluding hydrogens is 354 g/mol. The third kappa shape index (κ3) is 4.73. The van der Waals surface area contributed by atoms with Gasteiger partial charge in [0.05, 0.1) is 18.2 Å². The molecule has 0 aliphatic carbocycles. The molecule has 0 amide bonds. The second-order valence-electron chi connectivity index (χ2n) is 7.31. The summed E-state index contributed by atoms with van der Waals surface area (Å²) in [6.07, 6.45) is 2.05. The first-order chi connectivity index (χ1) is 11.5. The van der Waals surface area contributed by atoms with E-state index < -0.39 is 0 Å². The third-order valence-corrected chi connectivity index (χ3v) is 5.81. The number of nitrogens with one attached hydrogen (secondary N) is 1. The van der Waals surface area contributed by atoms with Gasteiger partial charge in [-0.15, -0.1) is 23.7 Å². The number of piperazine rings is 1. The van der Waals surface area contributed by atoms with E-state index in [4.69, 9.17) is 4.74 Å². The Hall–Kier alpha value is -1.14. The summed E-state index contributed by atoms with van der Waals surface area (Å²) in [7, 11) is 1.75. The van der Waals surface area contributed by atoms with E-state index in [-0.39, 0.29) is 17.8 Å². The Bertz CT molecular complexity index is 683. The van der Waals surface area contributed by atoms with Crippen LogP contribution >= 0.6 is 23.7 Å². The van der Waals surface area contributed by atoms with Crippen molar-refractivity contribution in [3.8, 4) is 5.75 Å². The van der Waals surface area contributed by atoms with Gasteiger partial charge in [-0.1, -0.05) is 39.0 Å². The van der Waals surface area contributed by atoms with Crippen molar-refractivity contribution in [2.75, 3.05) is 26.7 Å².